The zero-order valence-corrected chi connectivity index (χ0v) is 12.7. The first-order valence-corrected chi connectivity index (χ1v) is 7.45. The van der Waals surface area contributed by atoms with Gasteiger partial charge in [-0.25, -0.2) is 0 Å². The lowest BCUT2D eigenvalue weighted by molar-refractivity contribution is 0.140. The number of rotatable bonds is 3. The van der Waals surface area contributed by atoms with Crippen molar-refractivity contribution in [2.75, 3.05) is 0 Å². The van der Waals surface area contributed by atoms with Gasteiger partial charge in [0.2, 0.25) is 0 Å². The van der Waals surface area contributed by atoms with Crippen molar-refractivity contribution in [3.05, 3.63) is 18.0 Å². The molecule has 1 saturated carbocycles. The predicted molar refractivity (Wildman–Crippen MR) is 76.8 cm³/mol. The van der Waals surface area contributed by atoms with E-state index in [4.69, 9.17) is 11.6 Å². The minimum Gasteiger partial charge on any atom is -0.276 e. The van der Waals surface area contributed by atoms with Gasteiger partial charge in [-0.1, -0.05) is 27.2 Å². The van der Waals surface area contributed by atoms with Crippen molar-refractivity contribution in [3.63, 3.8) is 0 Å². The van der Waals surface area contributed by atoms with Gasteiger partial charge in [0.05, 0.1) is 5.69 Å². The van der Waals surface area contributed by atoms with Gasteiger partial charge in [-0.2, -0.15) is 5.10 Å². The molecule has 0 aliphatic heterocycles. The summed E-state index contributed by atoms with van der Waals surface area (Å²) < 4.78 is 1.88. The maximum absolute atomic E-state index is 6.61. The van der Waals surface area contributed by atoms with E-state index in [9.17, 15) is 0 Å². The van der Waals surface area contributed by atoms with Crippen LogP contribution < -0.4 is 0 Å². The summed E-state index contributed by atoms with van der Waals surface area (Å²) in [7, 11) is 1.98. The number of hydrogen-bond acceptors (Lipinski definition) is 1. The van der Waals surface area contributed by atoms with E-state index in [2.05, 4.69) is 31.9 Å². The zero-order valence-electron chi connectivity index (χ0n) is 12.0. The Labute approximate surface area is 116 Å². The quantitative estimate of drug-likeness (QED) is 0.757. The molecule has 0 bridgehead atoms. The summed E-state index contributed by atoms with van der Waals surface area (Å²) in [6.45, 7) is 7.01. The van der Waals surface area contributed by atoms with Crippen molar-refractivity contribution in [1.82, 2.24) is 9.78 Å². The van der Waals surface area contributed by atoms with Crippen LogP contribution >= 0.6 is 11.6 Å². The molecule has 2 nitrogen and oxygen atoms in total. The molecule has 3 heteroatoms. The first-order valence-electron chi connectivity index (χ1n) is 7.01. The average Bonchev–Trinajstić information content (AvgIpc) is 2.62. The molecule has 0 amide bonds. The first-order chi connectivity index (χ1) is 8.38. The van der Waals surface area contributed by atoms with Crippen molar-refractivity contribution in [3.8, 4) is 0 Å². The van der Waals surface area contributed by atoms with E-state index in [0.29, 0.717) is 11.3 Å². The molecule has 102 valence electrons. The van der Waals surface area contributed by atoms with Crippen LogP contribution in [-0.4, -0.2) is 15.2 Å². The van der Waals surface area contributed by atoms with Gasteiger partial charge >= 0.3 is 0 Å². The summed E-state index contributed by atoms with van der Waals surface area (Å²) in [5, 5.41) is 4.83. The van der Waals surface area contributed by atoms with Crippen LogP contribution in [0.3, 0.4) is 0 Å². The Balaban J connectivity index is 2.05. The largest absolute Gasteiger partial charge is 0.276 e. The molecular weight excluding hydrogens is 244 g/mol. The molecule has 3 unspecified atom stereocenters. The van der Waals surface area contributed by atoms with Gasteiger partial charge in [-0.3, -0.25) is 4.68 Å². The topological polar surface area (TPSA) is 17.8 Å². The molecule has 1 aromatic heterocycles. The Morgan fingerprint density at radius 1 is 1.44 bits per heavy atom. The Bertz CT molecular complexity index is 397. The van der Waals surface area contributed by atoms with E-state index in [0.717, 1.165) is 18.8 Å². The molecule has 18 heavy (non-hydrogen) atoms. The SMILES string of the molecule is CC1CCC(C(C)(C)Cc2ccn(C)n2)C(Cl)C1. The van der Waals surface area contributed by atoms with Gasteiger partial charge in [0.1, 0.15) is 0 Å². The average molecular weight is 269 g/mol. The van der Waals surface area contributed by atoms with Crippen molar-refractivity contribution in [1.29, 1.82) is 0 Å². The lowest BCUT2D eigenvalue weighted by Gasteiger charge is -2.41. The summed E-state index contributed by atoms with van der Waals surface area (Å²) in [5.41, 5.74) is 1.42. The number of halogens is 1. The number of alkyl halides is 1. The molecule has 1 aliphatic carbocycles. The molecule has 0 radical (unpaired) electrons. The second kappa shape index (κ2) is 5.24. The molecule has 0 saturated heterocycles. The van der Waals surface area contributed by atoms with Crippen LogP contribution in [0.1, 0.15) is 45.7 Å². The Kier molecular flexibility index (Phi) is 4.05. The standard InChI is InChI=1S/C15H25ClN2/c1-11-5-6-13(14(16)9-11)15(2,3)10-12-7-8-18(4)17-12/h7-8,11,13-14H,5-6,9-10H2,1-4H3. The summed E-state index contributed by atoms with van der Waals surface area (Å²) >= 11 is 6.61. The van der Waals surface area contributed by atoms with E-state index in [1.165, 1.54) is 18.5 Å². The van der Waals surface area contributed by atoms with Gasteiger partial charge < -0.3 is 0 Å². The third kappa shape index (κ3) is 3.09. The minimum absolute atomic E-state index is 0.237. The highest BCUT2D eigenvalue weighted by Crippen LogP contribution is 2.44. The van der Waals surface area contributed by atoms with Crippen molar-refractivity contribution in [2.45, 2.75) is 51.8 Å². The molecule has 1 fully saturated rings. The fourth-order valence-corrected chi connectivity index (χ4v) is 4.12. The number of aromatic nitrogens is 2. The third-order valence-electron chi connectivity index (χ3n) is 4.44. The second-order valence-electron chi connectivity index (χ2n) is 6.69. The Hall–Kier alpha value is -0.500. The molecule has 2 rings (SSSR count). The van der Waals surface area contributed by atoms with Crippen LogP contribution in [0.25, 0.3) is 0 Å². The van der Waals surface area contributed by atoms with E-state index in [1.54, 1.807) is 0 Å². The second-order valence-corrected chi connectivity index (χ2v) is 7.25. The molecular formula is C15H25ClN2. The molecule has 1 aliphatic rings. The summed E-state index contributed by atoms with van der Waals surface area (Å²) in [6, 6.07) is 2.12. The minimum atomic E-state index is 0.237. The highest BCUT2D eigenvalue weighted by Gasteiger charge is 2.38. The Morgan fingerprint density at radius 3 is 2.72 bits per heavy atom. The highest BCUT2D eigenvalue weighted by atomic mass is 35.5. The van der Waals surface area contributed by atoms with Crippen LogP contribution in [0.4, 0.5) is 0 Å². The van der Waals surface area contributed by atoms with Gasteiger partial charge in [0.15, 0.2) is 0 Å². The molecule has 1 aromatic rings. The molecule has 1 heterocycles. The number of aryl methyl sites for hydroxylation is 1. The number of hydrogen-bond donors (Lipinski definition) is 0. The van der Waals surface area contributed by atoms with Crippen molar-refractivity contribution in [2.24, 2.45) is 24.3 Å². The van der Waals surface area contributed by atoms with Crippen LogP contribution in [-0.2, 0) is 13.5 Å². The van der Waals surface area contributed by atoms with Crippen LogP contribution in [0.5, 0.6) is 0 Å². The monoisotopic (exact) mass is 268 g/mol. The van der Waals surface area contributed by atoms with Crippen LogP contribution in [0.2, 0.25) is 0 Å². The van der Waals surface area contributed by atoms with Gasteiger partial charge in [-0.05, 0) is 42.6 Å². The zero-order chi connectivity index (χ0) is 13.3. The predicted octanol–water partition coefficient (Wildman–Crippen LogP) is 4.03. The fraction of sp³-hybridized carbons (Fsp3) is 0.800. The molecule has 0 N–H and O–H groups in total. The normalized spacial score (nSPS) is 29.5. The van der Waals surface area contributed by atoms with E-state index < -0.39 is 0 Å². The van der Waals surface area contributed by atoms with Gasteiger partial charge in [0, 0.05) is 18.6 Å². The lowest BCUT2D eigenvalue weighted by Crippen LogP contribution is -2.37. The third-order valence-corrected chi connectivity index (χ3v) is 4.93. The molecule has 3 atom stereocenters. The maximum Gasteiger partial charge on any atom is 0.0629 e. The van der Waals surface area contributed by atoms with Crippen LogP contribution in [0.15, 0.2) is 12.3 Å². The summed E-state index contributed by atoms with van der Waals surface area (Å²) in [4.78, 5) is 0. The van der Waals surface area contributed by atoms with Gasteiger partial charge in [-0.15, -0.1) is 11.6 Å². The summed E-state index contributed by atoms with van der Waals surface area (Å²) in [6.07, 6.45) is 6.79. The first kappa shape index (κ1) is 13.9. The van der Waals surface area contributed by atoms with E-state index >= 15 is 0 Å². The molecule has 0 aromatic carbocycles. The van der Waals surface area contributed by atoms with Crippen molar-refractivity contribution < 1.29 is 0 Å². The highest BCUT2D eigenvalue weighted by molar-refractivity contribution is 6.20. The summed E-state index contributed by atoms with van der Waals surface area (Å²) in [5.74, 6) is 1.40. The van der Waals surface area contributed by atoms with Crippen molar-refractivity contribution >= 4 is 11.6 Å². The number of nitrogens with zero attached hydrogens (tertiary/aromatic N) is 2. The van der Waals surface area contributed by atoms with Gasteiger partial charge in [0.25, 0.3) is 0 Å². The Morgan fingerprint density at radius 2 is 2.17 bits per heavy atom. The maximum atomic E-state index is 6.61. The van der Waals surface area contributed by atoms with E-state index in [1.807, 2.05) is 17.9 Å². The molecule has 0 spiro atoms. The van der Waals surface area contributed by atoms with Crippen LogP contribution in [0, 0.1) is 17.3 Å². The smallest absolute Gasteiger partial charge is 0.0629 e. The lowest BCUT2D eigenvalue weighted by atomic mass is 9.67. The van der Waals surface area contributed by atoms with E-state index in [-0.39, 0.29) is 5.41 Å². The fourth-order valence-electron chi connectivity index (χ4n) is 3.35.